The molecule has 10 heteroatoms. The Balaban J connectivity index is 1.63. The van der Waals surface area contributed by atoms with Crippen molar-refractivity contribution in [2.24, 2.45) is 5.92 Å². The molecule has 208 valence electrons. The van der Waals surface area contributed by atoms with Crippen molar-refractivity contribution in [2.45, 2.75) is 20.8 Å². The van der Waals surface area contributed by atoms with Gasteiger partial charge in [-0.25, -0.2) is 13.9 Å². The third-order valence-electron chi connectivity index (χ3n) is 6.08. The number of benzene rings is 3. The largest absolute Gasteiger partial charge is 0.497 e. The van der Waals surface area contributed by atoms with Crippen molar-refractivity contribution >= 4 is 35.0 Å². The van der Waals surface area contributed by atoms with Gasteiger partial charge >= 0.3 is 6.03 Å². The summed E-state index contributed by atoms with van der Waals surface area (Å²) in [6, 6.07) is 20.4. The number of methoxy groups -OCH3 is 1. The number of aromatic nitrogens is 2. The van der Waals surface area contributed by atoms with Crippen LogP contribution in [0.4, 0.5) is 20.7 Å². The summed E-state index contributed by atoms with van der Waals surface area (Å²) in [4.78, 5) is 28.0. The van der Waals surface area contributed by atoms with Crippen LogP contribution in [0.15, 0.2) is 72.8 Å². The molecular weight excluding hydrogens is 533 g/mol. The molecule has 2 N–H and O–H groups in total. The van der Waals surface area contributed by atoms with Crippen molar-refractivity contribution in [2.75, 3.05) is 30.8 Å². The minimum Gasteiger partial charge on any atom is -0.497 e. The predicted molar refractivity (Wildman–Crippen MR) is 156 cm³/mol. The minimum absolute atomic E-state index is 0.0855. The molecule has 4 aromatic rings. The maximum atomic E-state index is 13.6. The summed E-state index contributed by atoms with van der Waals surface area (Å²) in [5.41, 5.74) is 3.43. The Morgan fingerprint density at radius 1 is 1.05 bits per heavy atom. The maximum Gasteiger partial charge on any atom is 0.322 e. The number of nitrogens with one attached hydrogen (secondary N) is 2. The van der Waals surface area contributed by atoms with E-state index in [0.717, 1.165) is 22.5 Å². The molecule has 0 aliphatic carbocycles. The second kappa shape index (κ2) is 12.7. The molecule has 0 atom stereocenters. The lowest BCUT2D eigenvalue weighted by atomic mass is 10.1. The number of carbonyl (C=O) groups excluding carboxylic acids is 2. The number of nitrogens with zero attached hydrogens (tertiary/aromatic N) is 3. The summed E-state index contributed by atoms with van der Waals surface area (Å²) in [5, 5.41) is 10.3. The zero-order valence-corrected chi connectivity index (χ0v) is 23.5. The average molecular weight is 564 g/mol. The number of amides is 3. The van der Waals surface area contributed by atoms with Crippen LogP contribution in [0.2, 0.25) is 5.02 Å². The summed E-state index contributed by atoms with van der Waals surface area (Å²) < 4.78 is 20.5. The molecular formula is C30H31ClFN5O3. The van der Waals surface area contributed by atoms with E-state index in [-0.39, 0.29) is 17.5 Å². The fourth-order valence-electron chi connectivity index (χ4n) is 4.28. The van der Waals surface area contributed by atoms with Crippen LogP contribution in [0, 0.1) is 18.7 Å². The molecule has 0 fully saturated rings. The van der Waals surface area contributed by atoms with Gasteiger partial charge in [0.1, 0.15) is 23.9 Å². The van der Waals surface area contributed by atoms with E-state index in [1.807, 2.05) is 75.4 Å². The Morgan fingerprint density at radius 3 is 2.38 bits per heavy atom. The van der Waals surface area contributed by atoms with Gasteiger partial charge in [-0.3, -0.25) is 4.79 Å². The number of aryl methyl sites for hydroxylation is 1. The van der Waals surface area contributed by atoms with E-state index in [1.165, 1.54) is 23.1 Å². The van der Waals surface area contributed by atoms with Crippen LogP contribution in [0.25, 0.3) is 16.8 Å². The highest BCUT2D eigenvalue weighted by Crippen LogP contribution is 2.33. The van der Waals surface area contributed by atoms with Crippen LogP contribution in [-0.2, 0) is 4.79 Å². The van der Waals surface area contributed by atoms with Crippen molar-refractivity contribution in [1.82, 2.24) is 14.7 Å². The average Bonchev–Trinajstić information content (AvgIpc) is 3.25. The van der Waals surface area contributed by atoms with Crippen molar-refractivity contribution < 1.29 is 18.7 Å². The summed E-state index contributed by atoms with van der Waals surface area (Å²) >= 11 is 5.87. The van der Waals surface area contributed by atoms with Crippen molar-refractivity contribution in [1.29, 1.82) is 0 Å². The SMILES string of the molecule is COc1ccc(-n2nc(C)c(-c3ccccc3)c2NC(=O)CN(CC(C)C)C(=O)Nc2ccc(F)c(Cl)c2)cc1. The van der Waals surface area contributed by atoms with Gasteiger partial charge in [-0.1, -0.05) is 55.8 Å². The Labute approximate surface area is 237 Å². The summed E-state index contributed by atoms with van der Waals surface area (Å²) in [6.07, 6.45) is 0. The van der Waals surface area contributed by atoms with Gasteiger partial charge in [0.15, 0.2) is 0 Å². The summed E-state index contributed by atoms with van der Waals surface area (Å²) in [7, 11) is 1.59. The molecule has 0 unspecified atom stereocenters. The Morgan fingerprint density at radius 2 is 1.75 bits per heavy atom. The molecule has 8 nitrogen and oxygen atoms in total. The van der Waals surface area contributed by atoms with Gasteiger partial charge in [0.2, 0.25) is 5.91 Å². The minimum atomic E-state index is -0.587. The molecule has 0 bridgehead atoms. The molecule has 1 aromatic heterocycles. The third-order valence-corrected chi connectivity index (χ3v) is 6.37. The number of ether oxygens (including phenoxy) is 1. The standard InChI is InChI=1S/C30H31ClFN5O3/c1-19(2)17-36(30(39)33-22-10-15-26(32)25(31)16-22)18-27(38)34-29-28(21-8-6-5-7-9-21)20(3)35-37(29)23-11-13-24(40-4)14-12-23/h5-16,19H,17-18H2,1-4H3,(H,33,39)(H,34,38). The lowest BCUT2D eigenvalue weighted by Gasteiger charge is -2.24. The molecule has 3 aromatic carbocycles. The van der Waals surface area contributed by atoms with Crippen LogP contribution in [0.3, 0.4) is 0 Å². The third kappa shape index (κ3) is 6.79. The lowest BCUT2D eigenvalue weighted by molar-refractivity contribution is -0.116. The molecule has 0 saturated carbocycles. The Hall–Kier alpha value is -4.37. The molecule has 0 aliphatic rings. The van der Waals surface area contributed by atoms with E-state index in [0.29, 0.717) is 23.8 Å². The van der Waals surface area contributed by atoms with Crippen LogP contribution >= 0.6 is 11.6 Å². The van der Waals surface area contributed by atoms with Gasteiger partial charge in [0.05, 0.1) is 23.5 Å². The van der Waals surface area contributed by atoms with Gasteiger partial charge in [-0.15, -0.1) is 0 Å². The topological polar surface area (TPSA) is 88.5 Å². The number of urea groups is 1. The first-order chi connectivity index (χ1) is 19.2. The van der Waals surface area contributed by atoms with E-state index in [2.05, 4.69) is 10.6 Å². The first-order valence-electron chi connectivity index (χ1n) is 12.8. The van der Waals surface area contributed by atoms with Crippen LogP contribution in [0.1, 0.15) is 19.5 Å². The van der Waals surface area contributed by atoms with Gasteiger partial charge in [-0.05, 0) is 60.9 Å². The highest BCUT2D eigenvalue weighted by Gasteiger charge is 2.23. The highest BCUT2D eigenvalue weighted by molar-refractivity contribution is 6.31. The lowest BCUT2D eigenvalue weighted by Crippen LogP contribution is -2.42. The van der Waals surface area contributed by atoms with Crippen LogP contribution in [0.5, 0.6) is 5.75 Å². The maximum absolute atomic E-state index is 13.6. The molecule has 1 heterocycles. The number of hydrogen-bond acceptors (Lipinski definition) is 4. The monoisotopic (exact) mass is 563 g/mol. The van der Waals surface area contributed by atoms with E-state index >= 15 is 0 Å². The Kier molecular flexibility index (Phi) is 9.06. The smallest absolute Gasteiger partial charge is 0.322 e. The zero-order chi connectivity index (χ0) is 28.8. The van der Waals surface area contributed by atoms with Gasteiger partial charge in [0, 0.05) is 17.8 Å². The fourth-order valence-corrected chi connectivity index (χ4v) is 4.47. The number of anilines is 2. The first-order valence-corrected chi connectivity index (χ1v) is 13.1. The molecule has 0 radical (unpaired) electrons. The number of hydrogen-bond donors (Lipinski definition) is 2. The molecule has 0 saturated heterocycles. The molecule has 40 heavy (non-hydrogen) atoms. The van der Waals surface area contributed by atoms with Gasteiger partial charge in [0.25, 0.3) is 0 Å². The van der Waals surface area contributed by atoms with Gasteiger partial charge < -0.3 is 20.3 Å². The summed E-state index contributed by atoms with van der Waals surface area (Å²) in [6.45, 7) is 5.87. The summed E-state index contributed by atoms with van der Waals surface area (Å²) in [5.74, 6) is 0.270. The molecule has 4 rings (SSSR count). The van der Waals surface area contributed by atoms with E-state index < -0.39 is 17.8 Å². The highest BCUT2D eigenvalue weighted by atomic mass is 35.5. The zero-order valence-electron chi connectivity index (χ0n) is 22.7. The molecule has 0 spiro atoms. The van der Waals surface area contributed by atoms with Crippen molar-refractivity contribution in [3.63, 3.8) is 0 Å². The van der Waals surface area contributed by atoms with E-state index in [9.17, 15) is 14.0 Å². The van der Waals surface area contributed by atoms with Crippen LogP contribution in [-0.4, -0.2) is 46.8 Å². The molecule has 3 amide bonds. The Bertz CT molecular complexity index is 1490. The number of carbonyl (C=O) groups is 2. The molecule has 0 aliphatic heterocycles. The normalized spacial score (nSPS) is 10.9. The second-order valence-corrected chi connectivity index (χ2v) is 10.1. The van der Waals surface area contributed by atoms with E-state index in [1.54, 1.807) is 11.8 Å². The van der Waals surface area contributed by atoms with Gasteiger partial charge in [-0.2, -0.15) is 5.10 Å². The first kappa shape index (κ1) is 28.6. The van der Waals surface area contributed by atoms with Crippen LogP contribution < -0.4 is 15.4 Å². The number of rotatable bonds is 9. The fraction of sp³-hybridized carbons (Fsp3) is 0.233. The number of halogens is 2. The predicted octanol–water partition coefficient (Wildman–Crippen LogP) is 6.78. The van der Waals surface area contributed by atoms with Crippen molar-refractivity contribution in [3.05, 3.63) is 89.3 Å². The second-order valence-electron chi connectivity index (χ2n) is 9.67. The quantitative estimate of drug-likeness (QED) is 0.235. The van der Waals surface area contributed by atoms with E-state index in [4.69, 9.17) is 21.4 Å². The van der Waals surface area contributed by atoms with Crippen molar-refractivity contribution in [3.8, 4) is 22.6 Å².